The monoisotopic (exact) mass is 207 g/mol. The second-order valence-electron chi connectivity index (χ2n) is 3.23. The minimum Gasteiger partial charge on any atom is -0.481 e. The lowest BCUT2D eigenvalue weighted by atomic mass is 10.1. The molecular formula is C11H13NO3. The first-order chi connectivity index (χ1) is 7.09. The normalized spacial score (nSPS) is 9.67. The number of carboxylic acids is 1. The molecule has 0 bridgehead atoms. The second-order valence-corrected chi connectivity index (χ2v) is 3.23. The van der Waals surface area contributed by atoms with E-state index in [1.807, 2.05) is 12.1 Å². The number of hydrogen-bond acceptors (Lipinski definition) is 2. The van der Waals surface area contributed by atoms with Gasteiger partial charge >= 0.3 is 5.97 Å². The molecule has 2 N–H and O–H groups in total. The molecule has 0 fully saturated rings. The highest BCUT2D eigenvalue weighted by Gasteiger charge is 2.05. The van der Waals surface area contributed by atoms with E-state index < -0.39 is 5.97 Å². The molecule has 1 rings (SSSR count). The van der Waals surface area contributed by atoms with Gasteiger partial charge in [-0.15, -0.1) is 0 Å². The van der Waals surface area contributed by atoms with Gasteiger partial charge in [0.05, 0.1) is 0 Å². The summed E-state index contributed by atoms with van der Waals surface area (Å²) in [6.07, 6.45) is 0.488. The van der Waals surface area contributed by atoms with E-state index in [1.165, 1.54) is 6.92 Å². The summed E-state index contributed by atoms with van der Waals surface area (Å²) in [5.74, 6) is -0.995. The lowest BCUT2D eigenvalue weighted by molar-refractivity contribution is -0.136. The van der Waals surface area contributed by atoms with Crippen molar-refractivity contribution in [2.75, 3.05) is 5.32 Å². The van der Waals surface area contributed by atoms with E-state index in [0.717, 1.165) is 5.56 Å². The number of para-hydroxylation sites is 1. The van der Waals surface area contributed by atoms with Crippen LogP contribution >= 0.6 is 0 Å². The first-order valence-corrected chi connectivity index (χ1v) is 4.67. The summed E-state index contributed by atoms with van der Waals surface area (Å²) in [7, 11) is 0. The van der Waals surface area contributed by atoms with Crippen molar-refractivity contribution in [3.63, 3.8) is 0 Å². The van der Waals surface area contributed by atoms with Gasteiger partial charge in [-0.25, -0.2) is 0 Å². The topological polar surface area (TPSA) is 66.4 Å². The predicted octanol–water partition coefficient (Wildman–Crippen LogP) is 1.66. The first-order valence-electron chi connectivity index (χ1n) is 4.67. The van der Waals surface area contributed by atoms with Crippen LogP contribution in [0.25, 0.3) is 0 Å². The highest BCUT2D eigenvalue weighted by Crippen LogP contribution is 2.16. The molecule has 4 heteroatoms. The van der Waals surface area contributed by atoms with Crippen LogP contribution in [0.4, 0.5) is 5.69 Å². The fourth-order valence-corrected chi connectivity index (χ4v) is 1.29. The van der Waals surface area contributed by atoms with Crippen molar-refractivity contribution in [2.45, 2.75) is 19.8 Å². The van der Waals surface area contributed by atoms with Crippen LogP contribution < -0.4 is 5.32 Å². The van der Waals surface area contributed by atoms with Crippen molar-refractivity contribution in [3.05, 3.63) is 29.8 Å². The van der Waals surface area contributed by atoms with E-state index in [4.69, 9.17) is 5.11 Å². The molecule has 15 heavy (non-hydrogen) atoms. The van der Waals surface area contributed by atoms with Crippen molar-refractivity contribution in [1.82, 2.24) is 0 Å². The van der Waals surface area contributed by atoms with E-state index in [1.54, 1.807) is 12.1 Å². The number of carbonyl (C=O) groups is 2. The van der Waals surface area contributed by atoms with Crippen LogP contribution in [-0.2, 0) is 16.0 Å². The van der Waals surface area contributed by atoms with Gasteiger partial charge in [0.25, 0.3) is 0 Å². The predicted molar refractivity (Wildman–Crippen MR) is 56.7 cm³/mol. The maximum Gasteiger partial charge on any atom is 0.303 e. The third kappa shape index (κ3) is 3.81. The molecule has 0 aliphatic carbocycles. The Morgan fingerprint density at radius 1 is 1.33 bits per heavy atom. The SMILES string of the molecule is CC(=O)Nc1ccccc1CCC(=O)O. The summed E-state index contributed by atoms with van der Waals surface area (Å²) in [6, 6.07) is 7.20. The molecule has 0 spiro atoms. The van der Waals surface area contributed by atoms with E-state index in [9.17, 15) is 9.59 Å². The maximum atomic E-state index is 10.9. The molecule has 0 saturated heterocycles. The van der Waals surface area contributed by atoms with Crippen molar-refractivity contribution >= 4 is 17.6 Å². The number of aliphatic carboxylic acids is 1. The fraction of sp³-hybridized carbons (Fsp3) is 0.273. The molecule has 80 valence electrons. The van der Waals surface area contributed by atoms with Crippen LogP contribution in [0.3, 0.4) is 0 Å². The Morgan fingerprint density at radius 2 is 2.00 bits per heavy atom. The Labute approximate surface area is 87.9 Å². The number of aryl methyl sites for hydroxylation is 1. The summed E-state index contributed by atoms with van der Waals surface area (Å²) < 4.78 is 0. The van der Waals surface area contributed by atoms with Crippen LogP contribution in [0.15, 0.2) is 24.3 Å². The molecule has 0 aliphatic heterocycles. The summed E-state index contributed by atoms with van der Waals surface area (Å²) in [6.45, 7) is 1.42. The average Bonchev–Trinajstić information content (AvgIpc) is 2.15. The smallest absolute Gasteiger partial charge is 0.303 e. The fourth-order valence-electron chi connectivity index (χ4n) is 1.29. The van der Waals surface area contributed by atoms with Gasteiger partial charge in [0, 0.05) is 19.0 Å². The van der Waals surface area contributed by atoms with Crippen LogP contribution in [0.1, 0.15) is 18.9 Å². The summed E-state index contributed by atoms with van der Waals surface area (Å²) >= 11 is 0. The summed E-state index contributed by atoms with van der Waals surface area (Å²) in [5, 5.41) is 11.2. The molecule has 0 aromatic heterocycles. The van der Waals surface area contributed by atoms with Crippen molar-refractivity contribution in [2.24, 2.45) is 0 Å². The van der Waals surface area contributed by atoms with Gasteiger partial charge in [-0.3, -0.25) is 9.59 Å². The zero-order valence-corrected chi connectivity index (χ0v) is 8.49. The van der Waals surface area contributed by atoms with Gasteiger partial charge in [-0.05, 0) is 18.1 Å². The van der Waals surface area contributed by atoms with Gasteiger partial charge in [0.15, 0.2) is 0 Å². The Hall–Kier alpha value is -1.84. The zero-order valence-electron chi connectivity index (χ0n) is 8.49. The molecule has 0 atom stereocenters. The summed E-state index contributed by atoms with van der Waals surface area (Å²) in [5.41, 5.74) is 1.53. The lowest BCUT2D eigenvalue weighted by Crippen LogP contribution is -2.08. The number of amides is 1. The van der Waals surface area contributed by atoms with Gasteiger partial charge in [-0.2, -0.15) is 0 Å². The molecule has 1 aromatic carbocycles. The highest BCUT2D eigenvalue weighted by molar-refractivity contribution is 5.89. The number of carboxylic acid groups (broad SMARTS) is 1. The maximum absolute atomic E-state index is 10.9. The van der Waals surface area contributed by atoms with Gasteiger partial charge in [0.2, 0.25) is 5.91 Å². The third-order valence-corrected chi connectivity index (χ3v) is 1.94. The number of benzene rings is 1. The van der Waals surface area contributed by atoms with Gasteiger partial charge in [-0.1, -0.05) is 18.2 Å². The van der Waals surface area contributed by atoms with E-state index >= 15 is 0 Å². The largest absolute Gasteiger partial charge is 0.481 e. The second kappa shape index (κ2) is 5.14. The summed E-state index contributed by atoms with van der Waals surface area (Å²) in [4.78, 5) is 21.3. The average molecular weight is 207 g/mol. The molecule has 0 saturated carbocycles. The third-order valence-electron chi connectivity index (χ3n) is 1.94. The number of hydrogen-bond donors (Lipinski definition) is 2. The Morgan fingerprint density at radius 3 is 2.60 bits per heavy atom. The Bertz CT molecular complexity index is 374. The molecule has 1 aromatic rings. The number of rotatable bonds is 4. The van der Waals surface area contributed by atoms with Crippen LogP contribution in [0.2, 0.25) is 0 Å². The molecule has 1 amide bonds. The van der Waals surface area contributed by atoms with Crippen molar-refractivity contribution in [3.8, 4) is 0 Å². The molecular weight excluding hydrogens is 194 g/mol. The Kier molecular flexibility index (Phi) is 3.85. The Balaban J connectivity index is 2.76. The quantitative estimate of drug-likeness (QED) is 0.789. The molecule has 0 aliphatic rings. The molecule has 0 heterocycles. The highest BCUT2D eigenvalue weighted by atomic mass is 16.4. The molecule has 0 radical (unpaired) electrons. The lowest BCUT2D eigenvalue weighted by Gasteiger charge is -2.08. The standard InChI is InChI=1S/C11H13NO3/c1-8(13)12-10-5-3-2-4-9(10)6-7-11(14)15/h2-5H,6-7H2,1H3,(H,12,13)(H,14,15). The van der Waals surface area contributed by atoms with Gasteiger partial charge < -0.3 is 10.4 Å². The van der Waals surface area contributed by atoms with Crippen LogP contribution in [0, 0.1) is 0 Å². The molecule has 0 unspecified atom stereocenters. The van der Waals surface area contributed by atoms with E-state index in [-0.39, 0.29) is 12.3 Å². The minimum atomic E-state index is -0.840. The van der Waals surface area contributed by atoms with E-state index in [2.05, 4.69) is 5.32 Å². The van der Waals surface area contributed by atoms with Crippen LogP contribution in [-0.4, -0.2) is 17.0 Å². The minimum absolute atomic E-state index is 0.0661. The van der Waals surface area contributed by atoms with Gasteiger partial charge in [0.1, 0.15) is 0 Å². The zero-order chi connectivity index (χ0) is 11.3. The van der Waals surface area contributed by atoms with Crippen molar-refractivity contribution in [1.29, 1.82) is 0 Å². The number of nitrogens with one attached hydrogen (secondary N) is 1. The first kappa shape index (κ1) is 11.2. The van der Waals surface area contributed by atoms with Crippen molar-refractivity contribution < 1.29 is 14.7 Å². The number of carbonyl (C=O) groups excluding carboxylic acids is 1. The number of anilines is 1. The van der Waals surface area contributed by atoms with E-state index in [0.29, 0.717) is 12.1 Å². The van der Waals surface area contributed by atoms with Crippen LogP contribution in [0.5, 0.6) is 0 Å². The molecule has 4 nitrogen and oxygen atoms in total.